The SMILES string of the molecule is Cc1cccc(C)c1CNc1cc(-n2cc(Cl)ccc2=O)cn2c(C)c(C)nc12. The number of benzene rings is 1. The molecule has 0 unspecified atom stereocenters. The van der Waals surface area contributed by atoms with E-state index in [0.717, 1.165) is 28.4 Å². The summed E-state index contributed by atoms with van der Waals surface area (Å²) in [6.07, 6.45) is 3.56. The Morgan fingerprint density at radius 3 is 2.48 bits per heavy atom. The van der Waals surface area contributed by atoms with Crippen LogP contribution in [0.15, 0.2) is 53.6 Å². The quantitative estimate of drug-likeness (QED) is 0.519. The molecule has 0 fully saturated rings. The molecular weight excluding hydrogens is 384 g/mol. The molecule has 29 heavy (non-hydrogen) atoms. The first-order chi connectivity index (χ1) is 13.8. The van der Waals surface area contributed by atoms with Crippen molar-refractivity contribution < 1.29 is 0 Å². The number of nitrogens with zero attached hydrogens (tertiary/aromatic N) is 3. The van der Waals surface area contributed by atoms with Gasteiger partial charge in [-0.3, -0.25) is 9.36 Å². The summed E-state index contributed by atoms with van der Waals surface area (Å²) in [6.45, 7) is 8.92. The Labute approximate surface area is 174 Å². The number of aryl methyl sites for hydroxylation is 4. The number of fused-ring (bicyclic) bond motifs is 1. The molecule has 4 rings (SSSR count). The van der Waals surface area contributed by atoms with Crippen LogP contribution in [0.3, 0.4) is 0 Å². The molecule has 0 spiro atoms. The predicted molar refractivity (Wildman–Crippen MR) is 119 cm³/mol. The number of rotatable bonds is 4. The highest BCUT2D eigenvalue weighted by Gasteiger charge is 2.13. The maximum Gasteiger partial charge on any atom is 0.255 e. The first-order valence-corrected chi connectivity index (χ1v) is 9.90. The van der Waals surface area contributed by atoms with Gasteiger partial charge in [-0.2, -0.15) is 0 Å². The van der Waals surface area contributed by atoms with Crippen molar-refractivity contribution >= 4 is 22.9 Å². The molecule has 4 aromatic rings. The van der Waals surface area contributed by atoms with E-state index in [9.17, 15) is 4.79 Å². The van der Waals surface area contributed by atoms with E-state index < -0.39 is 0 Å². The molecule has 148 valence electrons. The van der Waals surface area contributed by atoms with Gasteiger partial charge in [0, 0.05) is 30.7 Å². The molecule has 1 aromatic carbocycles. The Kier molecular flexibility index (Phi) is 4.92. The fraction of sp³-hybridized carbons (Fsp3) is 0.217. The van der Waals surface area contributed by atoms with E-state index in [4.69, 9.17) is 16.6 Å². The van der Waals surface area contributed by atoms with Crippen molar-refractivity contribution in [2.24, 2.45) is 0 Å². The lowest BCUT2D eigenvalue weighted by Gasteiger charge is -2.15. The summed E-state index contributed by atoms with van der Waals surface area (Å²) in [5.74, 6) is 0. The van der Waals surface area contributed by atoms with Crippen molar-refractivity contribution in [1.29, 1.82) is 0 Å². The van der Waals surface area contributed by atoms with Crippen molar-refractivity contribution in [3.63, 3.8) is 0 Å². The van der Waals surface area contributed by atoms with Crippen LogP contribution in [0, 0.1) is 27.7 Å². The molecule has 0 aliphatic carbocycles. The lowest BCUT2D eigenvalue weighted by Crippen LogP contribution is -2.17. The summed E-state index contributed by atoms with van der Waals surface area (Å²) in [5.41, 5.74) is 8.04. The third-order valence-electron chi connectivity index (χ3n) is 5.43. The van der Waals surface area contributed by atoms with Crippen molar-refractivity contribution in [3.05, 3.63) is 92.2 Å². The number of halogens is 1. The van der Waals surface area contributed by atoms with Gasteiger partial charge in [0.2, 0.25) is 0 Å². The first kappa shape index (κ1) is 19.3. The van der Waals surface area contributed by atoms with Gasteiger partial charge in [-0.05, 0) is 56.5 Å². The molecule has 0 atom stereocenters. The second kappa shape index (κ2) is 7.41. The van der Waals surface area contributed by atoms with Gasteiger partial charge in [0.1, 0.15) is 0 Å². The zero-order valence-electron chi connectivity index (χ0n) is 17.0. The normalized spacial score (nSPS) is 11.2. The van der Waals surface area contributed by atoms with Crippen LogP contribution in [0.5, 0.6) is 0 Å². The van der Waals surface area contributed by atoms with Crippen molar-refractivity contribution in [3.8, 4) is 5.69 Å². The summed E-state index contributed by atoms with van der Waals surface area (Å²) in [6, 6.07) is 11.3. The van der Waals surface area contributed by atoms with Gasteiger partial charge in [-0.15, -0.1) is 0 Å². The van der Waals surface area contributed by atoms with Gasteiger partial charge in [-0.25, -0.2) is 4.98 Å². The Morgan fingerprint density at radius 2 is 1.76 bits per heavy atom. The monoisotopic (exact) mass is 406 g/mol. The molecule has 0 radical (unpaired) electrons. The molecule has 0 saturated heterocycles. The molecule has 0 bridgehead atoms. The average Bonchev–Trinajstić information content (AvgIpc) is 2.97. The number of anilines is 1. The Balaban J connectivity index is 1.85. The van der Waals surface area contributed by atoms with Crippen LogP contribution in [0.25, 0.3) is 11.3 Å². The highest BCUT2D eigenvalue weighted by molar-refractivity contribution is 6.30. The standard InChI is InChI=1S/C23H23ClN4O/c1-14-6-5-7-15(2)20(14)11-25-21-10-19(28-12-18(24)8-9-22(28)29)13-27-17(4)16(3)26-23(21)27/h5-10,12-13,25H,11H2,1-4H3. The zero-order chi connectivity index (χ0) is 20.7. The molecule has 5 nitrogen and oxygen atoms in total. The highest BCUT2D eigenvalue weighted by atomic mass is 35.5. The Hall–Kier alpha value is -3.05. The molecule has 6 heteroatoms. The number of hydrogen-bond donors (Lipinski definition) is 1. The second-order valence-corrected chi connectivity index (χ2v) is 7.80. The summed E-state index contributed by atoms with van der Waals surface area (Å²) in [7, 11) is 0. The second-order valence-electron chi connectivity index (χ2n) is 7.37. The van der Waals surface area contributed by atoms with Gasteiger partial charge >= 0.3 is 0 Å². The summed E-state index contributed by atoms with van der Waals surface area (Å²) < 4.78 is 3.58. The van der Waals surface area contributed by atoms with E-state index in [0.29, 0.717) is 11.6 Å². The van der Waals surface area contributed by atoms with Gasteiger partial charge in [0.05, 0.1) is 22.1 Å². The minimum Gasteiger partial charge on any atom is -0.378 e. The van der Waals surface area contributed by atoms with E-state index in [-0.39, 0.29) is 5.56 Å². The third-order valence-corrected chi connectivity index (χ3v) is 5.66. The number of aromatic nitrogens is 3. The van der Waals surface area contributed by atoms with E-state index in [1.807, 2.05) is 30.5 Å². The third kappa shape index (κ3) is 3.54. The van der Waals surface area contributed by atoms with Gasteiger partial charge in [0.25, 0.3) is 5.56 Å². The highest BCUT2D eigenvalue weighted by Crippen LogP contribution is 2.25. The average molecular weight is 407 g/mol. The van der Waals surface area contributed by atoms with Gasteiger partial charge in [0.15, 0.2) is 5.65 Å². The van der Waals surface area contributed by atoms with Crippen molar-refractivity contribution in [2.75, 3.05) is 5.32 Å². The maximum atomic E-state index is 12.4. The summed E-state index contributed by atoms with van der Waals surface area (Å²) in [4.78, 5) is 17.2. The fourth-order valence-electron chi connectivity index (χ4n) is 3.59. The Morgan fingerprint density at radius 1 is 1.03 bits per heavy atom. The molecule has 1 N–H and O–H groups in total. The molecule has 3 heterocycles. The molecule has 3 aromatic heterocycles. The lowest BCUT2D eigenvalue weighted by molar-refractivity contribution is 0.959. The van der Waals surface area contributed by atoms with Crippen LogP contribution < -0.4 is 10.9 Å². The van der Waals surface area contributed by atoms with Crippen molar-refractivity contribution in [1.82, 2.24) is 14.0 Å². The van der Waals surface area contributed by atoms with E-state index in [1.165, 1.54) is 22.8 Å². The number of pyridine rings is 2. The number of imidazole rings is 1. The summed E-state index contributed by atoms with van der Waals surface area (Å²) in [5, 5.41) is 4.05. The van der Waals surface area contributed by atoms with Crippen LogP contribution in [-0.2, 0) is 6.54 Å². The smallest absolute Gasteiger partial charge is 0.255 e. The lowest BCUT2D eigenvalue weighted by atomic mass is 10.0. The van der Waals surface area contributed by atoms with E-state index in [1.54, 1.807) is 16.8 Å². The number of nitrogens with one attached hydrogen (secondary N) is 1. The van der Waals surface area contributed by atoms with Crippen LogP contribution in [0.1, 0.15) is 28.1 Å². The van der Waals surface area contributed by atoms with Gasteiger partial charge in [-0.1, -0.05) is 29.8 Å². The minimum absolute atomic E-state index is 0.135. The molecule has 0 aliphatic heterocycles. The Bertz CT molecular complexity index is 1270. The summed E-state index contributed by atoms with van der Waals surface area (Å²) >= 11 is 6.14. The zero-order valence-corrected chi connectivity index (χ0v) is 17.7. The van der Waals surface area contributed by atoms with Crippen LogP contribution >= 0.6 is 11.6 Å². The van der Waals surface area contributed by atoms with Crippen LogP contribution in [-0.4, -0.2) is 14.0 Å². The first-order valence-electron chi connectivity index (χ1n) is 9.52. The van der Waals surface area contributed by atoms with E-state index >= 15 is 0 Å². The van der Waals surface area contributed by atoms with Crippen LogP contribution in [0.4, 0.5) is 5.69 Å². The predicted octanol–water partition coefficient (Wildman–Crippen LogP) is 4.98. The maximum absolute atomic E-state index is 12.4. The largest absolute Gasteiger partial charge is 0.378 e. The molecule has 0 aliphatic rings. The van der Waals surface area contributed by atoms with E-state index in [2.05, 4.69) is 37.4 Å². The van der Waals surface area contributed by atoms with Crippen molar-refractivity contribution in [2.45, 2.75) is 34.2 Å². The molecule has 0 amide bonds. The fourth-order valence-corrected chi connectivity index (χ4v) is 3.75. The number of hydrogen-bond acceptors (Lipinski definition) is 3. The topological polar surface area (TPSA) is 51.3 Å². The van der Waals surface area contributed by atoms with Crippen LogP contribution in [0.2, 0.25) is 5.02 Å². The minimum atomic E-state index is -0.135. The molecular formula is C23H23ClN4O. The molecule has 0 saturated carbocycles. The van der Waals surface area contributed by atoms with Gasteiger partial charge < -0.3 is 9.72 Å².